The van der Waals surface area contributed by atoms with E-state index in [0.717, 1.165) is 32.2 Å². The Morgan fingerprint density at radius 2 is 1.84 bits per heavy atom. The van der Waals surface area contributed by atoms with Crippen LogP contribution in [0, 0.1) is 0 Å². The van der Waals surface area contributed by atoms with Crippen LogP contribution in [0.2, 0.25) is 0 Å². The van der Waals surface area contributed by atoms with Crippen molar-refractivity contribution in [1.29, 1.82) is 0 Å². The van der Waals surface area contributed by atoms with Crippen molar-refractivity contribution in [3.63, 3.8) is 0 Å². The number of piperazine rings is 1. The molecule has 1 aliphatic rings. The molecule has 0 saturated carbocycles. The standard InChI is InChI=1S/C13H17F3N2O/c14-13(15,16)11-4-2-1-3-10(11)12(19)9-18-7-5-17-6-8-18/h1-4,12,17,19H,5-9H2. The molecule has 0 spiro atoms. The molecule has 1 heterocycles. The largest absolute Gasteiger partial charge is 0.416 e. The van der Waals surface area contributed by atoms with Gasteiger partial charge in [0.25, 0.3) is 0 Å². The third kappa shape index (κ3) is 3.68. The molecular weight excluding hydrogens is 257 g/mol. The van der Waals surface area contributed by atoms with Crippen LogP contribution >= 0.6 is 0 Å². The summed E-state index contributed by atoms with van der Waals surface area (Å²) in [7, 11) is 0. The third-order valence-electron chi connectivity index (χ3n) is 3.27. The molecule has 106 valence electrons. The summed E-state index contributed by atoms with van der Waals surface area (Å²) in [5, 5.41) is 13.2. The lowest BCUT2D eigenvalue weighted by Crippen LogP contribution is -2.45. The van der Waals surface area contributed by atoms with E-state index in [-0.39, 0.29) is 12.1 Å². The molecule has 2 N–H and O–H groups in total. The number of aliphatic hydroxyl groups excluding tert-OH is 1. The van der Waals surface area contributed by atoms with Crippen molar-refractivity contribution in [3.8, 4) is 0 Å². The highest BCUT2D eigenvalue weighted by molar-refractivity contribution is 5.31. The zero-order chi connectivity index (χ0) is 13.9. The van der Waals surface area contributed by atoms with Crippen LogP contribution in [-0.2, 0) is 6.18 Å². The predicted octanol–water partition coefficient (Wildman–Crippen LogP) is 1.64. The van der Waals surface area contributed by atoms with E-state index in [1.54, 1.807) is 0 Å². The quantitative estimate of drug-likeness (QED) is 0.879. The van der Waals surface area contributed by atoms with Gasteiger partial charge in [-0.05, 0) is 11.6 Å². The van der Waals surface area contributed by atoms with Gasteiger partial charge in [-0.2, -0.15) is 13.2 Å². The molecule has 1 aromatic rings. The van der Waals surface area contributed by atoms with Crippen molar-refractivity contribution in [2.24, 2.45) is 0 Å². The van der Waals surface area contributed by atoms with E-state index in [9.17, 15) is 18.3 Å². The van der Waals surface area contributed by atoms with Gasteiger partial charge in [-0.3, -0.25) is 4.90 Å². The van der Waals surface area contributed by atoms with Crippen LogP contribution in [-0.4, -0.2) is 42.7 Å². The zero-order valence-electron chi connectivity index (χ0n) is 10.5. The number of β-amino-alcohol motifs (C(OH)–C–C–N with tert-alkyl or cyclic N) is 1. The van der Waals surface area contributed by atoms with Gasteiger partial charge < -0.3 is 10.4 Å². The summed E-state index contributed by atoms with van der Waals surface area (Å²) >= 11 is 0. The van der Waals surface area contributed by atoms with E-state index in [1.165, 1.54) is 18.2 Å². The number of nitrogens with zero attached hydrogens (tertiary/aromatic N) is 1. The summed E-state index contributed by atoms with van der Waals surface area (Å²) in [6, 6.07) is 5.21. The number of benzene rings is 1. The minimum atomic E-state index is -4.43. The fraction of sp³-hybridized carbons (Fsp3) is 0.538. The maximum absolute atomic E-state index is 12.9. The van der Waals surface area contributed by atoms with Gasteiger partial charge in [0.05, 0.1) is 11.7 Å². The number of halogens is 3. The molecule has 1 fully saturated rings. The maximum atomic E-state index is 12.9. The fourth-order valence-electron chi connectivity index (χ4n) is 2.28. The molecule has 6 heteroatoms. The Kier molecular flexibility index (Phi) is 4.44. The molecule has 0 aliphatic carbocycles. The highest BCUT2D eigenvalue weighted by Crippen LogP contribution is 2.34. The van der Waals surface area contributed by atoms with E-state index in [0.29, 0.717) is 0 Å². The van der Waals surface area contributed by atoms with Crippen molar-refractivity contribution in [1.82, 2.24) is 10.2 Å². The zero-order valence-corrected chi connectivity index (χ0v) is 10.5. The number of hydrogen-bond donors (Lipinski definition) is 2. The third-order valence-corrected chi connectivity index (χ3v) is 3.27. The smallest absolute Gasteiger partial charge is 0.387 e. The second-order valence-corrected chi connectivity index (χ2v) is 4.65. The highest BCUT2D eigenvalue weighted by atomic mass is 19.4. The van der Waals surface area contributed by atoms with Gasteiger partial charge >= 0.3 is 6.18 Å². The normalized spacial score (nSPS) is 19.4. The molecule has 1 unspecified atom stereocenters. The first-order valence-electron chi connectivity index (χ1n) is 6.26. The Labute approximate surface area is 110 Å². The minimum absolute atomic E-state index is 0.0477. The molecular formula is C13H17F3N2O. The lowest BCUT2D eigenvalue weighted by molar-refractivity contribution is -0.139. The molecule has 0 amide bonds. The molecule has 0 bridgehead atoms. The number of hydrogen-bond acceptors (Lipinski definition) is 3. The molecule has 0 aromatic heterocycles. The Morgan fingerprint density at radius 1 is 1.21 bits per heavy atom. The maximum Gasteiger partial charge on any atom is 0.416 e. The van der Waals surface area contributed by atoms with Gasteiger partial charge in [0, 0.05) is 32.7 Å². The van der Waals surface area contributed by atoms with Gasteiger partial charge in [0.15, 0.2) is 0 Å². The molecule has 1 saturated heterocycles. The minimum Gasteiger partial charge on any atom is -0.387 e. The van der Waals surface area contributed by atoms with E-state index in [1.807, 2.05) is 4.90 Å². The average molecular weight is 274 g/mol. The summed E-state index contributed by atoms with van der Waals surface area (Å²) < 4.78 is 38.6. The fourth-order valence-corrected chi connectivity index (χ4v) is 2.28. The van der Waals surface area contributed by atoms with Gasteiger partial charge in [0.1, 0.15) is 0 Å². The molecule has 0 radical (unpaired) electrons. The lowest BCUT2D eigenvalue weighted by atomic mass is 10.0. The van der Waals surface area contributed by atoms with E-state index in [2.05, 4.69) is 5.32 Å². The van der Waals surface area contributed by atoms with E-state index < -0.39 is 17.8 Å². The van der Waals surface area contributed by atoms with Crippen molar-refractivity contribution in [2.75, 3.05) is 32.7 Å². The molecule has 3 nitrogen and oxygen atoms in total. The first-order valence-corrected chi connectivity index (χ1v) is 6.26. The molecule has 1 atom stereocenters. The summed E-state index contributed by atoms with van der Waals surface area (Å²) in [6.07, 6.45) is -5.54. The van der Waals surface area contributed by atoms with Crippen LogP contribution in [0.25, 0.3) is 0 Å². The number of alkyl halides is 3. The summed E-state index contributed by atoms with van der Waals surface area (Å²) in [6.45, 7) is 3.31. The van der Waals surface area contributed by atoms with Gasteiger partial charge in [-0.15, -0.1) is 0 Å². The van der Waals surface area contributed by atoms with Gasteiger partial charge in [0.2, 0.25) is 0 Å². The molecule has 19 heavy (non-hydrogen) atoms. The molecule has 2 rings (SSSR count). The number of aliphatic hydroxyl groups is 1. The Balaban J connectivity index is 2.12. The molecule has 1 aliphatic heterocycles. The number of rotatable bonds is 3. The van der Waals surface area contributed by atoms with Crippen LogP contribution in [0.3, 0.4) is 0 Å². The summed E-state index contributed by atoms with van der Waals surface area (Å²) in [5.74, 6) is 0. The van der Waals surface area contributed by atoms with Crippen molar-refractivity contribution in [2.45, 2.75) is 12.3 Å². The lowest BCUT2D eigenvalue weighted by Gasteiger charge is -2.29. The Morgan fingerprint density at radius 3 is 2.47 bits per heavy atom. The Hall–Kier alpha value is -1.11. The van der Waals surface area contributed by atoms with Crippen LogP contribution in [0.4, 0.5) is 13.2 Å². The number of nitrogens with one attached hydrogen (secondary N) is 1. The first-order chi connectivity index (χ1) is 8.98. The summed E-state index contributed by atoms with van der Waals surface area (Å²) in [4.78, 5) is 1.97. The first kappa shape index (κ1) is 14.3. The van der Waals surface area contributed by atoms with Crippen LogP contribution in [0.1, 0.15) is 17.2 Å². The van der Waals surface area contributed by atoms with Crippen LogP contribution in [0.15, 0.2) is 24.3 Å². The topological polar surface area (TPSA) is 35.5 Å². The predicted molar refractivity (Wildman–Crippen MR) is 65.7 cm³/mol. The monoisotopic (exact) mass is 274 g/mol. The SMILES string of the molecule is OC(CN1CCNCC1)c1ccccc1C(F)(F)F. The summed E-state index contributed by atoms with van der Waals surface area (Å²) in [5.41, 5.74) is -0.800. The van der Waals surface area contributed by atoms with Gasteiger partial charge in [-0.1, -0.05) is 18.2 Å². The average Bonchev–Trinajstić information content (AvgIpc) is 2.39. The molecule has 1 aromatic carbocycles. The van der Waals surface area contributed by atoms with Gasteiger partial charge in [-0.25, -0.2) is 0 Å². The van der Waals surface area contributed by atoms with Crippen LogP contribution in [0.5, 0.6) is 0 Å². The Bertz CT molecular complexity index is 417. The van der Waals surface area contributed by atoms with Crippen molar-refractivity contribution >= 4 is 0 Å². The highest BCUT2D eigenvalue weighted by Gasteiger charge is 2.34. The van der Waals surface area contributed by atoms with Crippen LogP contribution < -0.4 is 5.32 Å². The van der Waals surface area contributed by atoms with Crippen molar-refractivity contribution in [3.05, 3.63) is 35.4 Å². The van der Waals surface area contributed by atoms with Crippen molar-refractivity contribution < 1.29 is 18.3 Å². The van der Waals surface area contributed by atoms with E-state index in [4.69, 9.17) is 0 Å². The second kappa shape index (κ2) is 5.90. The van der Waals surface area contributed by atoms with E-state index >= 15 is 0 Å². The second-order valence-electron chi connectivity index (χ2n) is 4.65.